The highest BCUT2D eigenvalue weighted by molar-refractivity contribution is 7.92. The minimum atomic E-state index is -3.90. The molecule has 0 aliphatic rings. The Kier molecular flexibility index (Phi) is 5.70. The van der Waals surface area contributed by atoms with Crippen molar-refractivity contribution in [3.05, 3.63) is 78.3 Å². The van der Waals surface area contributed by atoms with Crippen LogP contribution in [0.5, 0.6) is 5.75 Å². The zero-order valence-electron chi connectivity index (χ0n) is 15.1. The van der Waals surface area contributed by atoms with Gasteiger partial charge in [0.2, 0.25) is 0 Å². The molecule has 3 aromatic rings. The molecule has 0 aliphatic heterocycles. The number of anilines is 1. The van der Waals surface area contributed by atoms with Crippen LogP contribution in [0.15, 0.2) is 76.2 Å². The summed E-state index contributed by atoms with van der Waals surface area (Å²) >= 11 is 0. The van der Waals surface area contributed by atoms with Crippen LogP contribution in [-0.2, 0) is 21.4 Å². The summed E-state index contributed by atoms with van der Waals surface area (Å²) in [6, 6.07) is 16.5. The Bertz CT molecular complexity index is 1050. The number of para-hydroxylation sites is 1. The summed E-state index contributed by atoms with van der Waals surface area (Å²) < 4.78 is 38.4. The van der Waals surface area contributed by atoms with E-state index in [9.17, 15) is 13.2 Å². The van der Waals surface area contributed by atoms with Gasteiger partial charge in [0.05, 0.1) is 23.4 Å². The number of aryl methyl sites for hydroxylation is 1. The quantitative estimate of drug-likeness (QED) is 0.621. The lowest BCUT2D eigenvalue weighted by Crippen LogP contribution is -2.30. The minimum Gasteiger partial charge on any atom is -0.482 e. The standard InChI is InChI=1S/C20H19NO6S/c1-15-12-18(9-10-19(15)27-14-20(22)23)28(24,25)21(13-17-8-5-11-26-17)16-6-3-2-4-7-16/h2-12H,13-14H2,1H3,(H,22,23). The van der Waals surface area contributed by atoms with Gasteiger partial charge in [-0.3, -0.25) is 4.31 Å². The second-order valence-corrected chi connectivity index (χ2v) is 7.90. The molecule has 0 unspecified atom stereocenters. The van der Waals surface area contributed by atoms with E-state index in [4.69, 9.17) is 14.3 Å². The number of carboxylic acids is 1. The van der Waals surface area contributed by atoms with Gasteiger partial charge < -0.3 is 14.3 Å². The topological polar surface area (TPSA) is 97.0 Å². The summed E-state index contributed by atoms with van der Waals surface area (Å²) in [5.41, 5.74) is 1.02. The van der Waals surface area contributed by atoms with Gasteiger partial charge in [-0.05, 0) is 55.0 Å². The molecule has 0 fully saturated rings. The number of furan rings is 1. The van der Waals surface area contributed by atoms with Gasteiger partial charge in [0, 0.05) is 0 Å². The molecule has 0 atom stereocenters. The van der Waals surface area contributed by atoms with Crippen molar-refractivity contribution in [1.29, 1.82) is 0 Å². The fourth-order valence-electron chi connectivity index (χ4n) is 2.66. The van der Waals surface area contributed by atoms with Crippen molar-refractivity contribution in [2.75, 3.05) is 10.9 Å². The number of carboxylic acid groups (broad SMARTS) is 1. The van der Waals surface area contributed by atoms with Crippen molar-refractivity contribution < 1.29 is 27.5 Å². The largest absolute Gasteiger partial charge is 0.482 e. The maximum atomic E-state index is 13.3. The number of benzene rings is 2. The third-order valence-electron chi connectivity index (χ3n) is 4.01. The molecule has 0 saturated heterocycles. The number of ether oxygens (including phenoxy) is 1. The fourth-order valence-corrected chi connectivity index (χ4v) is 4.18. The molecule has 0 radical (unpaired) electrons. The first kappa shape index (κ1) is 19.5. The molecule has 0 saturated carbocycles. The van der Waals surface area contributed by atoms with E-state index in [-0.39, 0.29) is 11.4 Å². The van der Waals surface area contributed by atoms with Crippen molar-refractivity contribution in [2.24, 2.45) is 0 Å². The monoisotopic (exact) mass is 401 g/mol. The van der Waals surface area contributed by atoms with E-state index in [1.165, 1.54) is 28.8 Å². The van der Waals surface area contributed by atoms with Gasteiger partial charge in [-0.1, -0.05) is 18.2 Å². The Morgan fingerprint density at radius 1 is 1.11 bits per heavy atom. The zero-order chi connectivity index (χ0) is 20.1. The van der Waals surface area contributed by atoms with Crippen LogP contribution >= 0.6 is 0 Å². The highest BCUT2D eigenvalue weighted by atomic mass is 32.2. The molecule has 0 aliphatic carbocycles. The summed E-state index contributed by atoms with van der Waals surface area (Å²) in [7, 11) is -3.90. The lowest BCUT2D eigenvalue weighted by Gasteiger charge is -2.24. The van der Waals surface area contributed by atoms with E-state index in [0.29, 0.717) is 22.8 Å². The number of sulfonamides is 1. The molecular formula is C20H19NO6S. The molecule has 0 bridgehead atoms. The third kappa shape index (κ3) is 4.34. The van der Waals surface area contributed by atoms with Gasteiger partial charge >= 0.3 is 5.97 Å². The Hall–Kier alpha value is -3.26. The summed E-state index contributed by atoms with van der Waals surface area (Å²) in [6.07, 6.45) is 1.49. The lowest BCUT2D eigenvalue weighted by atomic mass is 10.2. The van der Waals surface area contributed by atoms with Crippen LogP contribution in [0.3, 0.4) is 0 Å². The van der Waals surface area contributed by atoms with Crippen molar-refractivity contribution in [3.63, 3.8) is 0 Å². The number of rotatable bonds is 8. The van der Waals surface area contributed by atoms with Crippen molar-refractivity contribution in [1.82, 2.24) is 0 Å². The molecule has 1 heterocycles. The highest BCUT2D eigenvalue weighted by Gasteiger charge is 2.26. The fraction of sp³-hybridized carbons (Fsp3) is 0.150. The summed E-state index contributed by atoms with van der Waals surface area (Å²) in [4.78, 5) is 10.7. The van der Waals surface area contributed by atoms with Crippen LogP contribution in [-0.4, -0.2) is 26.1 Å². The second-order valence-electron chi connectivity index (χ2n) is 6.04. The zero-order valence-corrected chi connectivity index (χ0v) is 15.9. The van der Waals surface area contributed by atoms with E-state index in [0.717, 1.165) is 0 Å². The van der Waals surface area contributed by atoms with Crippen LogP contribution in [0.4, 0.5) is 5.69 Å². The average molecular weight is 401 g/mol. The Morgan fingerprint density at radius 3 is 2.46 bits per heavy atom. The second kappa shape index (κ2) is 8.18. The van der Waals surface area contributed by atoms with Gasteiger partial charge in [-0.2, -0.15) is 0 Å². The molecule has 3 rings (SSSR count). The maximum Gasteiger partial charge on any atom is 0.341 e. The van der Waals surface area contributed by atoms with Gasteiger partial charge in [-0.15, -0.1) is 0 Å². The summed E-state index contributed by atoms with van der Waals surface area (Å²) in [5.74, 6) is -0.283. The van der Waals surface area contributed by atoms with Crippen molar-refractivity contribution >= 4 is 21.7 Å². The number of nitrogens with zero attached hydrogens (tertiary/aromatic N) is 1. The van der Waals surface area contributed by atoms with E-state index < -0.39 is 22.6 Å². The SMILES string of the molecule is Cc1cc(S(=O)(=O)N(Cc2ccco2)c2ccccc2)ccc1OCC(=O)O. The molecular weight excluding hydrogens is 382 g/mol. The number of aliphatic carboxylic acids is 1. The third-order valence-corrected chi connectivity index (χ3v) is 5.78. The van der Waals surface area contributed by atoms with Crippen molar-refractivity contribution in [3.8, 4) is 5.75 Å². The molecule has 146 valence electrons. The Morgan fingerprint density at radius 2 is 1.86 bits per heavy atom. The number of hydrogen-bond acceptors (Lipinski definition) is 5. The van der Waals surface area contributed by atoms with E-state index in [2.05, 4.69) is 0 Å². The van der Waals surface area contributed by atoms with Gasteiger partial charge in [0.25, 0.3) is 10.0 Å². The van der Waals surface area contributed by atoms with Crippen LogP contribution < -0.4 is 9.04 Å². The molecule has 8 heteroatoms. The molecule has 2 aromatic carbocycles. The normalized spacial score (nSPS) is 11.2. The van der Waals surface area contributed by atoms with E-state index in [1.807, 2.05) is 0 Å². The van der Waals surface area contributed by atoms with Gasteiger partial charge in [0.15, 0.2) is 6.61 Å². The molecule has 1 N–H and O–H groups in total. The minimum absolute atomic E-state index is 0.0374. The molecule has 0 spiro atoms. The number of carbonyl (C=O) groups is 1. The van der Waals surface area contributed by atoms with E-state index in [1.54, 1.807) is 49.4 Å². The highest BCUT2D eigenvalue weighted by Crippen LogP contribution is 2.29. The molecule has 0 amide bonds. The predicted molar refractivity (Wildman–Crippen MR) is 103 cm³/mol. The van der Waals surface area contributed by atoms with Crippen molar-refractivity contribution in [2.45, 2.75) is 18.4 Å². The molecule has 1 aromatic heterocycles. The Labute approximate surface area is 162 Å². The first-order valence-electron chi connectivity index (χ1n) is 8.43. The van der Waals surface area contributed by atoms with Gasteiger partial charge in [0.1, 0.15) is 11.5 Å². The first-order chi connectivity index (χ1) is 13.4. The lowest BCUT2D eigenvalue weighted by molar-refractivity contribution is -0.139. The summed E-state index contributed by atoms with van der Waals surface area (Å²) in [6.45, 7) is 1.20. The molecule has 7 nitrogen and oxygen atoms in total. The van der Waals surface area contributed by atoms with Crippen LogP contribution in [0.1, 0.15) is 11.3 Å². The van der Waals surface area contributed by atoms with Crippen LogP contribution in [0.25, 0.3) is 0 Å². The Balaban J connectivity index is 1.97. The summed E-state index contributed by atoms with van der Waals surface area (Å²) in [5, 5.41) is 8.73. The smallest absolute Gasteiger partial charge is 0.341 e. The average Bonchev–Trinajstić information content (AvgIpc) is 3.19. The maximum absolute atomic E-state index is 13.3. The first-order valence-corrected chi connectivity index (χ1v) is 9.87. The van der Waals surface area contributed by atoms with E-state index >= 15 is 0 Å². The van der Waals surface area contributed by atoms with Gasteiger partial charge in [-0.25, -0.2) is 13.2 Å². The molecule has 28 heavy (non-hydrogen) atoms. The van der Waals surface area contributed by atoms with Crippen LogP contribution in [0.2, 0.25) is 0 Å². The van der Waals surface area contributed by atoms with Crippen LogP contribution in [0, 0.1) is 6.92 Å². The predicted octanol–water partition coefficient (Wildman–Crippen LogP) is 3.45. The number of hydrogen-bond donors (Lipinski definition) is 1.